The fourth-order valence-electron chi connectivity index (χ4n) is 1.50. The standard InChI is InChI=1S/C9H11NO6/c11-6-3-4-7(12)10(6)16-9(13)15-8-2-1-5-14-8/h8H,1-5H2/t8-/m0/s1. The van der Waals surface area contributed by atoms with Crippen LogP contribution in [-0.2, 0) is 23.9 Å². The van der Waals surface area contributed by atoms with Gasteiger partial charge in [0.05, 0.1) is 6.61 Å². The molecule has 0 radical (unpaired) electrons. The maximum atomic E-state index is 11.2. The summed E-state index contributed by atoms with van der Waals surface area (Å²) in [5, 5.41) is 0.442. The Bertz CT molecular complexity index is 306. The van der Waals surface area contributed by atoms with Crippen molar-refractivity contribution in [2.75, 3.05) is 6.61 Å². The van der Waals surface area contributed by atoms with Crippen LogP contribution in [0.4, 0.5) is 4.79 Å². The Morgan fingerprint density at radius 3 is 2.56 bits per heavy atom. The summed E-state index contributed by atoms with van der Waals surface area (Å²) in [5.74, 6) is -1.07. The Morgan fingerprint density at radius 2 is 2.00 bits per heavy atom. The normalized spacial score (nSPS) is 25.0. The van der Waals surface area contributed by atoms with Crippen molar-refractivity contribution >= 4 is 18.0 Å². The van der Waals surface area contributed by atoms with E-state index < -0.39 is 24.3 Å². The lowest BCUT2D eigenvalue weighted by Crippen LogP contribution is -2.33. The number of hydrogen-bond acceptors (Lipinski definition) is 6. The van der Waals surface area contributed by atoms with Gasteiger partial charge in [-0.1, -0.05) is 5.06 Å². The van der Waals surface area contributed by atoms with Gasteiger partial charge in [-0.15, -0.1) is 0 Å². The van der Waals surface area contributed by atoms with Crippen LogP contribution < -0.4 is 0 Å². The molecular formula is C9H11NO6. The minimum absolute atomic E-state index is 0.0615. The minimum Gasteiger partial charge on any atom is -0.403 e. The van der Waals surface area contributed by atoms with Gasteiger partial charge in [-0.2, -0.15) is 0 Å². The molecule has 16 heavy (non-hydrogen) atoms. The Balaban J connectivity index is 1.82. The highest BCUT2D eigenvalue weighted by Gasteiger charge is 2.34. The summed E-state index contributed by atoms with van der Waals surface area (Å²) in [7, 11) is 0. The molecule has 88 valence electrons. The summed E-state index contributed by atoms with van der Waals surface area (Å²) < 4.78 is 9.77. The van der Waals surface area contributed by atoms with Gasteiger partial charge in [0.15, 0.2) is 0 Å². The average molecular weight is 229 g/mol. The third kappa shape index (κ3) is 2.30. The second-order valence-electron chi connectivity index (χ2n) is 3.48. The number of nitrogens with zero attached hydrogens (tertiary/aromatic N) is 1. The lowest BCUT2D eigenvalue weighted by atomic mass is 10.4. The molecule has 1 atom stereocenters. The first kappa shape index (κ1) is 10.9. The van der Waals surface area contributed by atoms with Crippen molar-refractivity contribution in [3.05, 3.63) is 0 Å². The highest BCUT2D eigenvalue weighted by molar-refractivity contribution is 6.01. The quantitative estimate of drug-likeness (QED) is 0.501. The zero-order valence-corrected chi connectivity index (χ0v) is 8.51. The topological polar surface area (TPSA) is 82.1 Å². The van der Waals surface area contributed by atoms with Crippen LogP contribution >= 0.6 is 0 Å². The van der Waals surface area contributed by atoms with Gasteiger partial charge in [0.2, 0.25) is 6.29 Å². The van der Waals surface area contributed by atoms with Crippen LogP contribution in [0.5, 0.6) is 0 Å². The van der Waals surface area contributed by atoms with E-state index in [9.17, 15) is 14.4 Å². The van der Waals surface area contributed by atoms with E-state index in [0.717, 1.165) is 6.42 Å². The second-order valence-corrected chi connectivity index (χ2v) is 3.48. The molecule has 7 nitrogen and oxygen atoms in total. The van der Waals surface area contributed by atoms with Gasteiger partial charge in [0.25, 0.3) is 11.8 Å². The minimum atomic E-state index is -1.09. The Labute approximate surface area is 91.2 Å². The zero-order chi connectivity index (χ0) is 11.5. The van der Waals surface area contributed by atoms with Crippen LogP contribution in [0.25, 0.3) is 0 Å². The Hall–Kier alpha value is -1.63. The maximum absolute atomic E-state index is 11.2. The predicted octanol–water partition coefficient (Wildman–Crippen LogP) is 0.340. The zero-order valence-electron chi connectivity index (χ0n) is 8.51. The molecule has 2 heterocycles. The van der Waals surface area contributed by atoms with Gasteiger partial charge in [0.1, 0.15) is 0 Å². The molecular weight excluding hydrogens is 218 g/mol. The number of rotatable bonds is 2. The van der Waals surface area contributed by atoms with Gasteiger partial charge in [-0.3, -0.25) is 14.4 Å². The number of carbonyl (C=O) groups excluding carboxylic acids is 3. The lowest BCUT2D eigenvalue weighted by Gasteiger charge is -2.14. The van der Waals surface area contributed by atoms with Crippen molar-refractivity contribution < 1.29 is 28.7 Å². The molecule has 2 aliphatic rings. The second kappa shape index (κ2) is 4.48. The van der Waals surface area contributed by atoms with Crippen molar-refractivity contribution in [2.45, 2.75) is 32.0 Å². The highest BCUT2D eigenvalue weighted by atomic mass is 16.9. The molecule has 0 N–H and O–H groups in total. The molecule has 2 saturated heterocycles. The molecule has 0 aliphatic carbocycles. The first-order valence-corrected chi connectivity index (χ1v) is 5.03. The largest absolute Gasteiger partial charge is 0.536 e. The SMILES string of the molecule is O=C(O[C@H]1CCCO1)ON1C(=O)CCC1=O. The van der Waals surface area contributed by atoms with E-state index in [1.165, 1.54) is 0 Å². The number of amides is 2. The number of ether oxygens (including phenoxy) is 2. The molecule has 2 rings (SSSR count). The Kier molecular flexibility index (Phi) is 3.04. The summed E-state index contributed by atoms with van der Waals surface area (Å²) in [4.78, 5) is 37.9. The van der Waals surface area contributed by atoms with E-state index in [2.05, 4.69) is 4.84 Å². The van der Waals surface area contributed by atoms with E-state index in [4.69, 9.17) is 9.47 Å². The van der Waals surface area contributed by atoms with E-state index in [-0.39, 0.29) is 12.8 Å². The summed E-state index contributed by atoms with van der Waals surface area (Å²) in [6, 6.07) is 0. The molecule has 0 aromatic heterocycles. The summed E-state index contributed by atoms with van der Waals surface area (Å²) >= 11 is 0. The van der Waals surface area contributed by atoms with E-state index in [0.29, 0.717) is 18.1 Å². The van der Waals surface area contributed by atoms with Gasteiger partial charge in [-0.05, 0) is 6.42 Å². The van der Waals surface area contributed by atoms with Crippen LogP contribution in [0, 0.1) is 0 Å². The fraction of sp³-hybridized carbons (Fsp3) is 0.667. The molecule has 0 bridgehead atoms. The number of carbonyl (C=O) groups is 3. The molecule has 0 spiro atoms. The van der Waals surface area contributed by atoms with Crippen LogP contribution in [0.1, 0.15) is 25.7 Å². The highest BCUT2D eigenvalue weighted by Crippen LogP contribution is 2.16. The molecule has 2 aliphatic heterocycles. The third-order valence-electron chi connectivity index (χ3n) is 2.29. The van der Waals surface area contributed by atoms with E-state index in [1.807, 2.05) is 0 Å². The van der Waals surface area contributed by atoms with Crippen LogP contribution in [0.2, 0.25) is 0 Å². The molecule has 0 aromatic carbocycles. The van der Waals surface area contributed by atoms with Crippen LogP contribution in [0.15, 0.2) is 0 Å². The predicted molar refractivity (Wildman–Crippen MR) is 47.6 cm³/mol. The van der Waals surface area contributed by atoms with Gasteiger partial charge < -0.3 is 9.47 Å². The number of hydroxylamine groups is 2. The number of hydrogen-bond donors (Lipinski definition) is 0. The van der Waals surface area contributed by atoms with Crippen LogP contribution in [-0.4, -0.2) is 35.9 Å². The molecule has 0 unspecified atom stereocenters. The molecule has 0 aromatic rings. The van der Waals surface area contributed by atoms with Crippen molar-refractivity contribution in [2.24, 2.45) is 0 Å². The number of imide groups is 1. The molecule has 7 heteroatoms. The Morgan fingerprint density at radius 1 is 1.31 bits per heavy atom. The van der Waals surface area contributed by atoms with Gasteiger partial charge in [-0.25, -0.2) is 4.79 Å². The van der Waals surface area contributed by atoms with Crippen molar-refractivity contribution in [1.82, 2.24) is 5.06 Å². The lowest BCUT2D eigenvalue weighted by molar-refractivity contribution is -0.185. The fourth-order valence-corrected chi connectivity index (χ4v) is 1.50. The average Bonchev–Trinajstić information content (AvgIpc) is 2.83. The van der Waals surface area contributed by atoms with Crippen molar-refractivity contribution in [3.8, 4) is 0 Å². The summed E-state index contributed by atoms with van der Waals surface area (Å²) in [5.41, 5.74) is 0. The monoisotopic (exact) mass is 229 g/mol. The third-order valence-corrected chi connectivity index (χ3v) is 2.29. The van der Waals surface area contributed by atoms with Crippen LogP contribution in [0.3, 0.4) is 0 Å². The molecule has 2 amide bonds. The molecule has 0 saturated carbocycles. The van der Waals surface area contributed by atoms with E-state index >= 15 is 0 Å². The first-order valence-electron chi connectivity index (χ1n) is 5.03. The van der Waals surface area contributed by atoms with Crippen molar-refractivity contribution in [3.63, 3.8) is 0 Å². The first-order chi connectivity index (χ1) is 7.66. The summed E-state index contributed by atoms with van der Waals surface area (Å²) in [6.07, 6.45) is -0.204. The van der Waals surface area contributed by atoms with Gasteiger partial charge in [0, 0.05) is 19.3 Å². The van der Waals surface area contributed by atoms with Crippen molar-refractivity contribution in [1.29, 1.82) is 0 Å². The smallest absolute Gasteiger partial charge is 0.403 e. The molecule has 2 fully saturated rings. The van der Waals surface area contributed by atoms with Gasteiger partial charge >= 0.3 is 6.16 Å². The van der Waals surface area contributed by atoms with E-state index in [1.54, 1.807) is 0 Å². The maximum Gasteiger partial charge on any atom is 0.536 e. The summed E-state index contributed by atoms with van der Waals surface area (Å²) in [6.45, 7) is 0.527.